The van der Waals surface area contributed by atoms with Gasteiger partial charge in [-0.2, -0.15) is 0 Å². The molecule has 1 saturated heterocycles. The third kappa shape index (κ3) is 1.56. The van der Waals surface area contributed by atoms with Gasteiger partial charge in [-0.05, 0) is 23.6 Å². The molecule has 0 aromatic heterocycles. The minimum Gasteiger partial charge on any atom is -0.379 e. The van der Waals surface area contributed by atoms with Gasteiger partial charge < -0.3 is 15.4 Å². The van der Waals surface area contributed by atoms with Crippen LogP contribution in [0.5, 0.6) is 0 Å². The van der Waals surface area contributed by atoms with Crippen LogP contribution in [0.1, 0.15) is 17.5 Å². The van der Waals surface area contributed by atoms with E-state index in [4.69, 9.17) is 10.5 Å². The van der Waals surface area contributed by atoms with Gasteiger partial charge in [0.1, 0.15) is 0 Å². The second kappa shape index (κ2) is 4.07. The van der Waals surface area contributed by atoms with Crippen LogP contribution in [0.15, 0.2) is 18.2 Å². The molecule has 4 heteroatoms. The quantitative estimate of drug-likeness (QED) is 0.840. The molecule has 0 radical (unpaired) electrons. The summed E-state index contributed by atoms with van der Waals surface area (Å²) >= 11 is 0. The molecule has 0 unspecified atom stereocenters. The fourth-order valence-electron chi connectivity index (χ4n) is 2.74. The van der Waals surface area contributed by atoms with Crippen LogP contribution in [-0.2, 0) is 21.4 Å². The lowest BCUT2D eigenvalue weighted by Crippen LogP contribution is -2.52. The zero-order valence-electron chi connectivity index (χ0n) is 10.6. The first-order valence-electron chi connectivity index (χ1n) is 6.34. The number of benzene rings is 1. The number of rotatable bonds is 2. The van der Waals surface area contributed by atoms with Crippen molar-refractivity contribution >= 4 is 11.6 Å². The third-order valence-corrected chi connectivity index (χ3v) is 4.18. The van der Waals surface area contributed by atoms with E-state index in [2.05, 4.69) is 12.1 Å². The Morgan fingerprint density at radius 3 is 2.78 bits per heavy atom. The Labute approximate surface area is 107 Å². The molecule has 2 heterocycles. The Hall–Kier alpha value is -1.39. The van der Waals surface area contributed by atoms with Crippen molar-refractivity contribution in [2.45, 2.75) is 18.3 Å². The zero-order chi connectivity index (χ0) is 12.8. The maximum Gasteiger partial charge on any atom is 0.227 e. The van der Waals surface area contributed by atoms with Crippen LogP contribution in [0.25, 0.3) is 0 Å². The number of ether oxygens (including phenoxy) is 1. The summed E-state index contributed by atoms with van der Waals surface area (Å²) in [7, 11) is 1.84. The Kier molecular flexibility index (Phi) is 2.64. The fourth-order valence-corrected chi connectivity index (χ4v) is 2.74. The first-order valence-corrected chi connectivity index (χ1v) is 6.34. The van der Waals surface area contributed by atoms with Crippen LogP contribution in [0.3, 0.4) is 0 Å². The van der Waals surface area contributed by atoms with Gasteiger partial charge in [0.05, 0.1) is 18.6 Å². The van der Waals surface area contributed by atoms with Gasteiger partial charge in [-0.25, -0.2) is 0 Å². The van der Waals surface area contributed by atoms with E-state index in [1.165, 1.54) is 11.1 Å². The number of carbonyl (C=O) groups is 1. The van der Waals surface area contributed by atoms with Crippen LogP contribution in [0, 0.1) is 0 Å². The summed E-state index contributed by atoms with van der Waals surface area (Å²) in [6, 6.07) is 6.33. The molecule has 2 aliphatic heterocycles. The van der Waals surface area contributed by atoms with Crippen molar-refractivity contribution in [1.29, 1.82) is 0 Å². The highest BCUT2D eigenvalue weighted by atomic mass is 16.5. The number of nitrogens with two attached hydrogens (primary N) is 1. The first kappa shape index (κ1) is 11.7. The number of fused-ring (bicyclic) bond motifs is 1. The van der Waals surface area contributed by atoms with Crippen molar-refractivity contribution in [3.05, 3.63) is 29.3 Å². The van der Waals surface area contributed by atoms with Crippen molar-refractivity contribution in [2.75, 3.05) is 31.7 Å². The lowest BCUT2D eigenvalue weighted by molar-refractivity contribution is -0.118. The Bertz CT molecular complexity index is 489. The van der Waals surface area contributed by atoms with Crippen LogP contribution in [-0.4, -0.2) is 32.7 Å². The monoisotopic (exact) mass is 246 g/mol. The maximum absolute atomic E-state index is 11.6. The average Bonchev–Trinajstić information content (AvgIpc) is 2.33. The molecule has 4 nitrogen and oxygen atoms in total. The van der Waals surface area contributed by atoms with E-state index >= 15 is 0 Å². The summed E-state index contributed by atoms with van der Waals surface area (Å²) in [6.45, 7) is 2.02. The zero-order valence-corrected chi connectivity index (χ0v) is 10.6. The lowest BCUT2D eigenvalue weighted by atomic mass is 9.77. The first-order chi connectivity index (χ1) is 8.66. The molecule has 3 rings (SSSR count). The summed E-state index contributed by atoms with van der Waals surface area (Å²) in [6.07, 6.45) is 1.42. The van der Waals surface area contributed by atoms with Crippen LogP contribution < -0.4 is 10.6 Å². The van der Waals surface area contributed by atoms with Crippen molar-refractivity contribution in [2.24, 2.45) is 5.73 Å². The van der Waals surface area contributed by atoms with Gasteiger partial charge in [-0.15, -0.1) is 0 Å². The molecule has 0 aliphatic carbocycles. The van der Waals surface area contributed by atoms with Crippen molar-refractivity contribution in [1.82, 2.24) is 0 Å². The predicted octanol–water partition coefficient (Wildman–Crippen LogP) is 0.822. The van der Waals surface area contributed by atoms with Crippen molar-refractivity contribution in [3.8, 4) is 0 Å². The molecule has 1 amide bonds. The van der Waals surface area contributed by atoms with E-state index in [1.54, 1.807) is 4.90 Å². The van der Waals surface area contributed by atoms with E-state index in [1.807, 2.05) is 13.1 Å². The Morgan fingerprint density at radius 2 is 2.17 bits per heavy atom. The summed E-state index contributed by atoms with van der Waals surface area (Å²) in [5.74, 6) is 0.191. The van der Waals surface area contributed by atoms with Gasteiger partial charge in [-0.1, -0.05) is 12.1 Å². The number of aryl methyl sites for hydroxylation is 1. The van der Waals surface area contributed by atoms with Gasteiger partial charge in [0.2, 0.25) is 5.91 Å². The minimum atomic E-state index is -0.00490. The molecule has 0 atom stereocenters. The highest BCUT2D eigenvalue weighted by molar-refractivity contribution is 5.95. The number of carbonyl (C=O) groups excluding carboxylic acids is 1. The predicted molar refractivity (Wildman–Crippen MR) is 69.7 cm³/mol. The highest BCUT2D eigenvalue weighted by Crippen LogP contribution is 2.35. The van der Waals surface area contributed by atoms with E-state index in [0.717, 1.165) is 12.1 Å². The summed E-state index contributed by atoms with van der Waals surface area (Å²) in [4.78, 5) is 13.4. The molecule has 18 heavy (non-hydrogen) atoms. The SMILES string of the molecule is CN1C(=O)CCc2cc(C3(CN)COC3)ccc21. The molecule has 0 bridgehead atoms. The second-order valence-electron chi connectivity index (χ2n) is 5.27. The van der Waals surface area contributed by atoms with Gasteiger partial charge in [-0.3, -0.25) is 4.79 Å². The van der Waals surface area contributed by atoms with Crippen molar-refractivity contribution < 1.29 is 9.53 Å². The minimum absolute atomic E-state index is 0.00490. The molecule has 1 aromatic rings. The Morgan fingerprint density at radius 1 is 1.39 bits per heavy atom. The molecule has 0 spiro atoms. The molecular weight excluding hydrogens is 228 g/mol. The molecule has 1 fully saturated rings. The highest BCUT2D eigenvalue weighted by Gasteiger charge is 2.39. The normalized spacial score (nSPS) is 21.4. The number of anilines is 1. The second-order valence-corrected chi connectivity index (χ2v) is 5.27. The Balaban J connectivity index is 1.99. The van der Waals surface area contributed by atoms with Crippen molar-refractivity contribution in [3.63, 3.8) is 0 Å². The number of amides is 1. The molecule has 2 aliphatic rings. The standard InChI is InChI=1S/C14H18N2O2/c1-16-12-4-3-11(14(7-15)8-18-9-14)6-10(12)2-5-13(16)17/h3-4,6H,2,5,7-9,15H2,1H3. The third-order valence-electron chi connectivity index (χ3n) is 4.18. The van der Waals surface area contributed by atoms with Gasteiger partial charge >= 0.3 is 0 Å². The molecule has 1 aromatic carbocycles. The molecule has 2 N–H and O–H groups in total. The number of nitrogens with zero attached hydrogens (tertiary/aromatic N) is 1. The maximum atomic E-state index is 11.6. The van der Waals surface area contributed by atoms with Gasteiger partial charge in [0.15, 0.2) is 0 Å². The molecule has 0 saturated carbocycles. The van der Waals surface area contributed by atoms with Crippen LogP contribution in [0.2, 0.25) is 0 Å². The van der Waals surface area contributed by atoms with E-state index in [9.17, 15) is 4.79 Å². The van der Waals surface area contributed by atoms with Crippen LogP contribution in [0.4, 0.5) is 5.69 Å². The topological polar surface area (TPSA) is 55.6 Å². The fraction of sp³-hybridized carbons (Fsp3) is 0.500. The molecule has 96 valence electrons. The summed E-state index contributed by atoms with van der Waals surface area (Å²) in [5.41, 5.74) is 9.40. The number of hydrogen-bond acceptors (Lipinski definition) is 3. The summed E-state index contributed by atoms with van der Waals surface area (Å²) < 4.78 is 5.32. The van der Waals surface area contributed by atoms with E-state index in [0.29, 0.717) is 26.2 Å². The van der Waals surface area contributed by atoms with E-state index < -0.39 is 0 Å². The summed E-state index contributed by atoms with van der Waals surface area (Å²) in [5, 5.41) is 0. The van der Waals surface area contributed by atoms with Gasteiger partial charge in [0, 0.05) is 25.7 Å². The molecular formula is C14H18N2O2. The lowest BCUT2D eigenvalue weighted by Gasteiger charge is -2.41. The average molecular weight is 246 g/mol. The smallest absolute Gasteiger partial charge is 0.227 e. The van der Waals surface area contributed by atoms with Gasteiger partial charge in [0.25, 0.3) is 0 Å². The largest absolute Gasteiger partial charge is 0.379 e. The van der Waals surface area contributed by atoms with Crippen LogP contribution >= 0.6 is 0 Å². The number of hydrogen-bond donors (Lipinski definition) is 1. The van der Waals surface area contributed by atoms with E-state index in [-0.39, 0.29) is 11.3 Å².